The highest BCUT2D eigenvalue weighted by Crippen LogP contribution is 2.24. The number of hydrogen-bond acceptors (Lipinski definition) is 6. The van der Waals surface area contributed by atoms with E-state index in [0.29, 0.717) is 0 Å². The number of esters is 1. The van der Waals surface area contributed by atoms with Crippen molar-refractivity contribution in [2.24, 2.45) is 5.92 Å². The second-order valence-electron chi connectivity index (χ2n) is 5.92. The Morgan fingerprint density at radius 1 is 1.40 bits per heavy atom. The van der Waals surface area contributed by atoms with Crippen molar-refractivity contribution in [1.29, 1.82) is 5.26 Å². The summed E-state index contributed by atoms with van der Waals surface area (Å²) in [4.78, 5) is 34.6. The topological polar surface area (TPSA) is 122 Å². The number of nitro groups is 1. The number of nitrogens with one attached hydrogen (secondary N) is 1. The molecule has 25 heavy (non-hydrogen) atoms. The molecule has 9 heteroatoms. The molecular formula is C16H18ClN3O5. The zero-order valence-corrected chi connectivity index (χ0v) is 15.0. The predicted octanol–water partition coefficient (Wildman–Crippen LogP) is 2.85. The molecule has 0 aliphatic rings. The van der Waals surface area contributed by atoms with Gasteiger partial charge in [0.15, 0.2) is 6.10 Å². The minimum absolute atomic E-state index is 0.0933. The lowest BCUT2D eigenvalue weighted by Gasteiger charge is -2.28. The number of nitro benzene ring substituents is 1. The van der Waals surface area contributed by atoms with Gasteiger partial charge in [0, 0.05) is 11.1 Å². The maximum atomic E-state index is 12.2. The summed E-state index contributed by atoms with van der Waals surface area (Å²) in [6, 6.07) is 5.49. The predicted molar refractivity (Wildman–Crippen MR) is 90.0 cm³/mol. The van der Waals surface area contributed by atoms with E-state index >= 15 is 0 Å². The number of halogens is 1. The Kier molecular flexibility index (Phi) is 6.48. The fourth-order valence-electron chi connectivity index (χ4n) is 1.76. The Morgan fingerprint density at radius 2 is 2.00 bits per heavy atom. The summed E-state index contributed by atoms with van der Waals surface area (Å²) in [5.74, 6) is -1.89. The van der Waals surface area contributed by atoms with Gasteiger partial charge in [0.05, 0.1) is 11.0 Å². The third-order valence-electron chi connectivity index (χ3n) is 3.80. The number of hydrogen-bond donors (Lipinski definition) is 1. The number of carbonyl (C=O) groups excluding carboxylic acids is 2. The molecule has 0 saturated carbocycles. The van der Waals surface area contributed by atoms with Crippen LogP contribution < -0.4 is 5.32 Å². The first-order valence-corrected chi connectivity index (χ1v) is 7.77. The van der Waals surface area contributed by atoms with E-state index in [0.717, 1.165) is 12.1 Å². The Morgan fingerprint density at radius 3 is 2.48 bits per heavy atom. The molecule has 0 heterocycles. The SMILES string of the molecule is CC(OC(=O)c1ccc(Cl)cc1[N+](=O)[O-])C(=O)NC(C)(C#N)C(C)C. The van der Waals surface area contributed by atoms with Crippen LogP contribution in [-0.4, -0.2) is 28.4 Å². The number of nitriles is 1. The van der Waals surface area contributed by atoms with Gasteiger partial charge < -0.3 is 10.1 Å². The molecule has 0 aromatic heterocycles. The molecule has 2 unspecified atom stereocenters. The Bertz CT molecular complexity index is 744. The van der Waals surface area contributed by atoms with Crippen LogP contribution in [0.4, 0.5) is 5.69 Å². The van der Waals surface area contributed by atoms with Crippen molar-refractivity contribution in [3.8, 4) is 6.07 Å². The molecule has 0 saturated heterocycles. The summed E-state index contributed by atoms with van der Waals surface area (Å²) >= 11 is 5.69. The molecule has 1 aromatic carbocycles. The van der Waals surface area contributed by atoms with Gasteiger partial charge in [-0.15, -0.1) is 0 Å². The monoisotopic (exact) mass is 367 g/mol. The van der Waals surface area contributed by atoms with Gasteiger partial charge in [-0.1, -0.05) is 25.4 Å². The van der Waals surface area contributed by atoms with Crippen LogP contribution in [0, 0.1) is 27.4 Å². The number of amides is 1. The zero-order chi connectivity index (χ0) is 19.4. The molecule has 0 fully saturated rings. The Balaban J connectivity index is 2.93. The smallest absolute Gasteiger partial charge is 0.345 e. The lowest BCUT2D eigenvalue weighted by Crippen LogP contribution is -2.52. The summed E-state index contributed by atoms with van der Waals surface area (Å²) in [5.41, 5.74) is -1.97. The molecule has 0 aliphatic carbocycles. The summed E-state index contributed by atoms with van der Waals surface area (Å²) in [5, 5.41) is 22.8. The highest BCUT2D eigenvalue weighted by Gasteiger charge is 2.33. The number of carbonyl (C=O) groups is 2. The third-order valence-corrected chi connectivity index (χ3v) is 4.03. The van der Waals surface area contributed by atoms with E-state index in [9.17, 15) is 25.0 Å². The van der Waals surface area contributed by atoms with E-state index in [1.165, 1.54) is 13.0 Å². The molecular weight excluding hydrogens is 350 g/mol. The number of nitrogens with zero attached hydrogens (tertiary/aromatic N) is 2. The first kappa shape index (κ1) is 20.4. The quantitative estimate of drug-likeness (QED) is 0.468. The minimum atomic E-state index is -1.24. The summed E-state index contributed by atoms with van der Waals surface area (Å²) in [6.45, 7) is 6.38. The lowest BCUT2D eigenvalue weighted by molar-refractivity contribution is -0.385. The lowest BCUT2D eigenvalue weighted by atomic mass is 9.90. The number of benzene rings is 1. The van der Waals surface area contributed by atoms with Gasteiger partial charge in [0.2, 0.25) is 0 Å². The van der Waals surface area contributed by atoms with E-state index < -0.39 is 34.1 Å². The first-order valence-electron chi connectivity index (χ1n) is 7.40. The van der Waals surface area contributed by atoms with Crippen LogP contribution in [0.15, 0.2) is 18.2 Å². The van der Waals surface area contributed by atoms with Crippen LogP contribution in [0.3, 0.4) is 0 Å². The molecule has 0 radical (unpaired) electrons. The van der Waals surface area contributed by atoms with Crippen molar-refractivity contribution in [2.45, 2.75) is 39.3 Å². The molecule has 1 rings (SSSR count). The summed E-state index contributed by atoms with van der Waals surface area (Å²) in [6.07, 6.45) is -1.24. The highest BCUT2D eigenvalue weighted by atomic mass is 35.5. The van der Waals surface area contributed by atoms with Crippen molar-refractivity contribution in [1.82, 2.24) is 5.32 Å². The second kappa shape index (κ2) is 7.94. The second-order valence-corrected chi connectivity index (χ2v) is 6.36. The third kappa shape index (κ3) is 4.90. The normalized spacial score (nSPS) is 14.1. The van der Waals surface area contributed by atoms with Crippen LogP contribution in [0.1, 0.15) is 38.1 Å². The Labute approximate surface area is 149 Å². The Hall–Kier alpha value is -2.66. The van der Waals surface area contributed by atoms with Gasteiger partial charge in [-0.05, 0) is 31.9 Å². The van der Waals surface area contributed by atoms with Gasteiger partial charge in [-0.2, -0.15) is 5.26 Å². The van der Waals surface area contributed by atoms with E-state index in [-0.39, 0.29) is 16.5 Å². The maximum absolute atomic E-state index is 12.2. The fourth-order valence-corrected chi connectivity index (χ4v) is 1.93. The fraction of sp³-hybridized carbons (Fsp3) is 0.438. The zero-order valence-electron chi connectivity index (χ0n) is 14.2. The summed E-state index contributed by atoms with van der Waals surface area (Å²) in [7, 11) is 0. The van der Waals surface area contributed by atoms with Crippen molar-refractivity contribution in [3.05, 3.63) is 38.9 Å². The average Bonchev–Trinajstić information content (AvgIpc) is 2.53. The van der Waals surface area contributed by atoms with E-state index in [2.05, 4.69) is 5.32 Å². The molecule has 0 spiro atoms. The molecule has 0 aliphatic heterocycles. The molecule has 1 aromatic rings. The van der Waals surface area contributed by atoms with Gasteiger partial charge in [-0.3, -0.25) is 14.9 Å². The van der Waals surface area contributed by atoms with Gasteiger partial charge in [0.25, 0.3) is 11.6 Å². The van der Waals surface area contributed by atoms with E-state index in [1.807, 2.05) is 6.07 Å². The standard InChI is InChI=1S/C16H18ClN3O5/c1-9(2)16(4,8-18)19-14(21)10(3)25-15(22)12-6-5-11(17)7-13(12)20(23)24/h5-7,9-10H,1-4H3,(H,19,21). The molecule has 2 atom stereocenters. The van der Waals surface area contributed by atoms with Crippen LogP contribution in [-0.2, 0) is 9.53 Å². The summed E-state index contributed by atoms with van der Waals surface area (Å²) < 4.78 is 4.99. The van der Waals surface area contributed by atoms with Gasteiger partial charge in [-0.25, -0.2) is 4.79 Å². The van der Waals surface area contributed by atoms with Crippen molar-refractivity contribution in [2.75, 3.05) is 0 Å². The number of ether oxygens (including phenoxy) is 1. The molecule has 1 N–H and O–H groups in total. The average molecular weight is 368 g/mol. The number of rotatable bonds is 6. The largest absolute Gasteiger partial charge is 0.449 e. The molecule has 0 bridgehead atoms. The first-order chi connectivity index (χ1) is 11.5. The van der Waals surface area contributed by atoms with Crippen molar-refractivity contribution >= 4 is 29.2 Å². The molecule has 134 valence electrons. The molecule has 1 amide bonds. The van der Waals surface area contributed by atoms with Crippen molar-refractivity contribution < 1.29 is 19.2 Å². The van der Waals surface area contributed by atoms with Crippen LogP contribution >= 0.6 is 11.6 Å². The maximum Gasteiger partial charge on any atom is 0.345 e. The van der Waals surface area contributed by atoms with E-state index in [4.69, 9.17) is 16.3 Å². The molecule has 8 nitrogen and oxygen atoms in total. The van der Waals surface area contributed by atoms with E-state index in [1.54, 1.807) is 20.8 Å². The highest BCUT2D eigenvalue weighted by molar-refractivity contribution is 6.31. The van der Waals surface area contributed by atoms with Crippen molar-refractivity contribution in [3.63, 3.8) is 0 Å². The van der Waals surface area contributed by atoms with Crippen LogP contribution in [0.25, 0.3) is 0 Å². The van der Waals surface area contributed by atoms with Crippen LogP contribution in [0.5, 0.6) is 0 Å². The minimum Gasteiger partial charge on any atom is -0.449 e. The van der Waals surface area contributed by atoms with Gasteiger partial charge >= 0.3 is 5.97 Å². The van der Waals surface area contributed by atoms with Crippen LogP contribution in [0.2, 0.25) is 5.02 Å². The van der Waals surface area contributed by atoms with Gasteiger partial charge in [0.1, 0.15) is 11.1 Å².